The maximum atomic E-state index is 9.64. The van der Waals surface area contributed by atoms with Crippen LogP contribution in [0.2, 0.25) is 0 Å². The molecule has 0 heterocycles. The summed E-state index contributed by atoms with van der Waals surface area (Å²) in [5.41, 5.74) is 0. The molecule has 0 fully saturated rings. The third kappa shape index (κ3) is 16.2. The Balaban J connectivity index is -0.000000245. The molecule has 0 amide bonds. The molecule has 0 rings (SSSR count). The first kappa shape index (κ1) is 17.5. The average Bonchev–Trinajstić information content (AvgIpc) is 1.61. The molecule has 54 valence electrons. The minimum absolute atomic E-state index is 0. The van der Waals surface area contributed by atoms with Crippen molar-refractivity contribution in [2.45, 2.75) is 12.8 Å². The van der Waals surface area contributed by atoms with Crippen LogP contribution in [0.4, 0.5) is 0 Å². The van der Waals surface area contributed by atoms with Gasteiger partial charge in [0.1, 0.15) is 0 Å². The van der Waals surface area contributed by atoms with E-state index in [1.54, 1.807) is 0 Å². The Morgan fingerprint density at radius 2 is 1.10 bits per heavy atom. The average molecular weight is 202 g/mol. The van der Waals surface area contributed by atoms with E-state index in [1.807, 2.05) is 0 Å². The van der Waals surface area contributed by atoms with Gasteiger partial charge < -0.3 is 10.2 Å². The van der Waals surface area contributed by atoms with Crippen molar-refractivity contribution in [2.75, 3.05) is 0 Å². The molecular formula is C4H10Ca2O4. The van der Waals surface area contributed by atoms with Crippen LogP contribution in [-0.2, 0) is 9.59 Å². The van der Waals surface area contributed by atoms with Crippen molar-refractivity contribution in [3.8, 4) is 0 Å². The predicted molar refractivity (Wildman–Crippen MR) is 41.6 cm³/mol. The van der Waals surface area contributed by atoms with E-state index in [-0.39, 0.29) is 88.3 Å². The summed E-state index contributed by atoms with van der Waals surface area (Å²) in [5.74, 6) is -2.15. The fraction of sp³-hybridized carbons (Fsp3) is 0.500. The number of carbonyl (C=O) groups is 2. The van der Waals surface area contributed by atoms with Crippen LogP contribution in [0.3, 0.4) is 0 Å². The van der Waals surface area contributed by atoms with Crippen molar-refractivity contribution >= 4 is 87.4 Å². The second kappa shape index (κ2) is 10.5. The molecule has 0 unspecified atom stereocenters. The molecule has 0 atom stereocenters. The van der Waals surface area contributed by atoms with E-state index >= 15 is 0 Å². The second-order valence-corrected chi connectivity index (χ2v) is 1.29. The SMILES string of the molecule is O=C(O)CCC(=O)O.[CaH2].[CaH2]. The zero-order chi connectivity index (χ0) is 6.57. The normalized spacial score (nSPS) is 6.80. The van der Waals surface area contributed by atoms with Crippen LogP contribution in [0.25, 0.3) is 0 Å². The molecule has 0 aromatic heterocycles. The van der Waals surface area contributed by atoms with Crippen LogP contribution >= 0.6 is 0 Å². The van der Waals surface area contributed by atoms with E-state index in [1.165, 1.54) is 0 Å². The van der Waals surface area contributed by atoms with Gasteiger partial charge in [0, 0.05) is 0 Å². The number of aliphatic carboxylic acids is 2. The van der Waals surface area contributed by atoms with Gasteiger partial charge >= 0.3 is 87.4 Å². The van der Waals surface area contributed by atoms with E-state index in [2.05, 4.69) is 0 Å². The van der Waals surface area contributed by atoms with E-state index in [0.29, 0.717) is 0 Å². The van der Waals surface area contributed by atoms with E-state index in [0.717, 1.165) is 0 Å². The summed E-state index contributed by atoms with van der Waals surface area (Å²) in [7, 11) is 0. The summed E-state index contributed by atoms with van der Waals surface area (Å²) < 4.78 is 0. The summed E-state index contributed by atoms with van der Waals surface area (Å²) in [6, 6.07) is 0. The quantitative estimate of drug-likeness (QED) is 0.524. The number of rotatable bonds is 3. The predicted octanol–water partition coefficient (Wildman–Crippen LogP) is -1.90. The standard InChI is InChI=1S/C4H6O4.2Ca.4H/c5-3(6)1-2-4(7)8;;;;;;/h1-2H2,(H,5,6)(H,7,8);;;;;;. The van der Waals surface area contributed by atoms with Crippen LogP contribution in [0.5, 0.6) is 0 Å². The van der Waals surface area contributed by atoms with Crippen LogP contribution in [0, 0.1) is 0 Å². The van der Waals surface area contributed by atoms with Crippen molar-refractivity contribution in [2.24, 2.45) is 0 Å². The Kier molecular flexibility index (Phi) is 18.3. The van der Waals surface area contributed by atoms with Crippen LogP contribution in [0.15, 0.2) is 0 Å². The minimum atomic E-state index is -1.08. The zero-order valence-corrected chi connectivity index (χ0v) is 4.13. The Hall–Kier alpha value is 1.46. The molecule has 10 heavy (non-hydrogen) atoms. The summed E-state index contributed by atoms with van der Waals surface area (Å²) >= 11 is 0. The first-order valence-corrected chi connectivity index (χ1v) is 2.06. The van der Waals surface area contributed by atoms with E-state index in [4.69, 9.17) is 10.2 Å². The summed E-state index contributed by atoms with van der Waals surface area (Å²) in [6.07, 6.45) is -0.593. The molecule has 0 spiro atoms. The topological polar surface area (TPSA) is 74.6 Å². The molecule has 0 radical (unpaired) electrons. The van der Waals surface area contributed by atoms with Crippen LogP contribution < -0.4 is 0 Å². The van der Waals surface area contributed by atoms with Gasteiger partial charge in [-0.15, -0.1) is 0 Å². The molecule has 0 saturated heterocycles. The molecule has 0 aromatic rings. The fourth-order valence-corrected chi connectivity index (χ4v) is 0.214. The second-order valence-electron chi connectivity index (χ2n) is 1.29. The van der Waals surface area contributed by atoms with Gasteiger partial charge in [0.15, 0.2) is 0 Å². The van der Waals surface area contributed by atoms with Gasteiger partial charge in [0.25, 0.3) is 0 Å². The van der Waals surface area contributed by atoms with Crippen molar-refractivity contribution in [3.63, 3.8) is 0 Å². The van der Waals surface area contributed by atoms with Crippen molar-refractivity contribution in [1.82, 2.24) is 0 Å². The van der Waals surface area contributed by atoms with E-state index < -0.39 is 11.9 Å². The first-order valence-electron chi connectivity index (χ1n) is 2.06. The zero-order valence-electron chi connectivity index (χ0n) is 4.13. The molecule has 6 heteroatoms. The van der Waals surface area contributed by atoms with Crippen molar-refractivity contribution in [3.05, 3.63) is 0 Å². The van der Waals surface area contributed by atoms with Gasteiger partial charge in [-0.1, -0.05) is 0 Å². The van der Waals surface area contributed by atoms with Gasteiger partial charge in [-0.25, -0.2) is 0 Å². The van der Waals surface area contributed by atoms with Crippen molar-refractivity contribution < 1.29 is 19.8 Å². The molecule has 0 aliphatic rings. The van der Waals surface area contributed by atoms with E-state index in [9.17, 15) is 9.59 Å². The Bertz CT molecular complexity index is 99.8. The number of carboxylic acids is 2. The summed E-state index contributed by atoms with van der Waals surface area (Å²) in [6.45, 7) is 0. The van der Waals surface area contributed by atoms with Crippen LogP contribution in [0.1, 0.15) is 12.8 Å². The Labute approximate surface area is 118 Å². The molecule has 2 N–H and O–H groups in total. The molecule has 0 aliphatic heterocycles. The summed E-state index contributed by atoms with van der Waals surface area (Å²) in [4.78, 5) is 19.3. The van der Waals surface area contributed by atoms with Crippen molar-refractivity contribution in [1.29, 1.82) is 0 Å². The van der Waals surface area contributed by atoms with Crippen LogP contribution in [-0.4, -0.2) is 97.6 Å². The maximum absolute atomic E-state index is 9.64. The monoisotopic (exact) mass is 202 g/mol. The first-order chi connectivity index (χ1) is 3.63. The van der Waals surface area contributed by atoms with Gasteiger partial charge in [-0.3, -0.25) is 9.59 Å². The van der Waals surface area contributed by atoms with Gasteiger partial charge in [-0.2, -0.15) is 0 Å². The van der Waals surface area contributed by atoms with Gasteiger partial charge in [0.05, 0.1) is 12.8 Å². The third-order valence-electron chi connectivity index (χ3n) is 0.553. The number of carboxylic acid groups (broad SMARTS) is 2. The molecule has 0 aromatic carbocycles. The molecule has 0 bridgehead atoms. The fourth-order valence-electron chi connectivity index (χ4n) is 0.214. The molecule has 4 nitrogen and oxygen atoms in total. The summed E-state index contributed by atoms with van der Waals surface area (Å²) in [5, 5.41) is 15.8. The third-order valence-corrected chi connectivity index (χ3v) is 0.553. The molecule has 0 saturated carbocycles. The number of hydrogen-bond donors (Lipinski definition) is 2. The molecule has 0 aliphatic carbocycles. The van der Waals surface area contributed by atoms with Gasteiger partial charge in [0.2, 0.25) is 0 Å². The Morgan fingerprint density at radius 3 is 1.20 bits per heavy atom. The Morgan fingerprint density at radius 1 is 0.900 bits per heavy atom. The number of hydrogen-bond acceptors (Lipinski definition) is 2. The van der Waals surface area contributed by atoms with Gasteiger partial charge in [-0.05, 0) is 0 Å². The molecular weight excluding hydrogens is 192 g/mol.